The summed E-state index contributed by atoms with van der Waals surface area (Å²) < 4.78 is 24.7. The van der Waals surface area contributed by atoms with Crippen LogP contribution < -0.4 is 20.5 Å². The molecule has 1 unspecified atom stereocenters. The molecule has 0 saturated heterocycles. The summed E-state index contributed by atoms with van der Waals surface area (Å²) in [5.74, 6) is -2.57. The normalized spacial score (nSPS) is 11.0. The Kier molecular flexibility index (Phi) is 8.76. The SMILES string of the molecule is CC.COc1c(C)c(NC(C)=O)c(CC(N)C(=O)O)c(F)c1OC. The van der Waals surface area contributed by atoms with Crippen LogP contribution in [0.5, 0.6) is 11.5 Å². The topological polar surface area (TPSA) is 111 Å². The first kappa shape index (κ1) is 21.6. The van der Waals surface area contributed by atoms with Crippen LogP contribution in [0.3, 0.4) is 0 Å². The molecule has 1 aromatic carbocycles. The fourth-order valence-corrected chi connectivity index (χ4v) is 2.13. The molecule has 4 N–H and O–H groups in total. The van der Waals surface area contributed by atoms with Crippen molar-refractivity contribution in [3.8, 4) is 11.5 Å². The van der Waals surface area contributed by atoms with Crippen LogP contribution in [0, 0.1) is 12.7 Å². The number of nitrogens with two attached hydrogens (primary N) is 1. The number of carboxylic acid groups (broad SMARTS) is 1. The van der Waals surface area contributed by atoms with Gasteiger partial charge in [-0.25, -0.2) is 4.39 Å². The number of benzene rings is 1. The molecule has 0 heterocycles. The Morgan fingerprint density at radius 1 is 1.25 bits per heavy atom. The largest absolute Gasteiger partial charge is 0.492 e. The Morgan fingerprint density at radius 2 is 1.75 bits per heavy atom. The molecule has 1 rings (SSSR count). The van der Waals surface area contributed by atoms with Crippen LogP contribution in [0.25, 0.3) is 0 Å². The van der Waals surface area contributed by atoms with E-state index in [9.17, 15) is 14.0 Å². The molecule has 0 saturated carbocycles. The highest BCUT2D eigenvalue weighted by molar-refractivity contribution is 5.92. The predicted octanol–water partition coefficient (Wildman–Crippen LogP) is 2.09. The van der Waals surface area contributed by atoms with Crippen LogP contribution in [0.15, 0.2) is 0 Å². The molecule has 0 radical (unpaired) electrons. The minimum atomic E-state index is -1.32. The quantitative estimate of drug-likeness (QED) is 0.729. The minimum Gasteiger partial charge on any atom is -0.492 e. The van der Waals surface area contributed by atoms with Gasteiger partial charge in [-0.05, 0) is 6.92 Å². The Labute approximate surface area is 140 Å². The van der Waals surface area contributed by atoms with E-state index in [1.54, 1.807) is 6.92 Å². The fraction of sp³-hybridized carbons (Fsp3) is 0.500. The van der Waals surface area contributed by atoms with Crippen LogP contribution in [-0.2, 0) is 16.0 Å². The third-order valence-corrected chi connectivity index (χ3v) is 3.14. The number of methoxy groups -OCH3 is 2. The van der Waals surface area contributed by atoms with Gasteiger partial charge >= 0.3 is 5.97 Å². The van der Waals surface area contributed by atoms with Crippen molar-refractivity contribution < 1.29 is 28.6 Å². The monoisotopic (exact) mass is 344 g/mol. The Hall–Kier alpha value is -2.35. The maximum Gasteiger partial charge on any atom is 0.320 e. The van der Waals surface area contributed by atoms with Crippen molar-refractivity contribution in [1.29, 1.82) is 0 Å². The van der Waals surface area contributed by atoms with Crippen molar-refractivity contribution in [2.75, 3.05) is 19.5 Å². The molecule has 8 heteroatoms. The number of amides is 1. The third-order valence-electron chi connectivity index (χ3n) is 3.14. The highest BCUT2D eigenvalue weighted by Gasteiger charge is 2.27. The summed E-state index contributed by atoms with van der Waals surface area (Å²) in [7, 11) is 2.60. The van der Waals surface area contributed by atoms with Gasteiger partial charge < -0.3 is 25.6 Å². The second kappa shape index (κ2) is 9.71. The molecule has 0 aliphatic carbocycles. The molecule has 0 spiro atoms. The van der Waals surface area contributed by atoms with Crippen molar-refractivity contribution in [3.63, 3.8) is 0 Å². The summed E-state index contributed by atoms with van der Waals surface area (Å²) in [6.07, 6.45) is -0.308. The van der Waals surface area contributed by atoms with E-state index in [-0.39, 0.29) is 29.2 Å². The van der Waals surface area contributed by atoms with Crippen LogP contribution in [-0.4, -0.2) is 37.2 Å². The Morgan fingerprint density at radius 3 is 2.12 bits per heavy atom. The number of carbonyl (C=O) groups excluding carboxylic acids is 1. The van der Waals surface area contributed by atoms with Crippen molar-refractivity contribution in [1.82, 2.24) is 0 Å². The molecule has 7 nitrogen and oxygen atoms in total. The third kappa shape index (κ3) is 4.82. The van der Waals surface area contributed by atoms with Crippen molar-refractivity contribution in [2.45, 2.75) is 40.2 Å². The van der Waals surface area contributed by atoms with Crippen LogP contribution in [0.2, 0.25) is 0 Å². The second-order valence-electron chi connectivity index (χ2n) is 4.69. The van der Waals surface area contributed by atoms with Gasteiger partial charge in [0.2, 0.25) is 5.91 Å². The number of hydrogen-bond acceptors (Lipinski definition) is 5. The van der Waals surface area contributed by atoms with Gasteiger partial charge in [0.1, 0.15) is 6.04 Å². The van der Waals surface area contributed by atoms with Gasteiger partial charge in [-0.1, -0.05) is 13.8 Å². The zero-order valence-corrected chi connectivity index (χ0v) is 14.8. The van der Waals surface area contributed by atoms with Gasteiger partial charge in [0.05, 0.1) is 19.9 Å². The molecule has 0 fully saturated rings. The fourth-order valence-electron chi connectivity index (χ4n) is 2.13. The molecule has 1 atom stereocenters. The number of nitrogens with one attached hydrogen (secondary N) is 1. The summed E-state index contributed by atoms with van der Waals surface area (Å²) in [5.41, 5.74) is 6.00. The summed E-state index contributed by atoms with van der Waals surface area (Å²) in [5, 5.41) is 11.4. The highest BCUT2D eigenvalue weighted by Crippen LogP contribution is 2.41. The lowest BCUT2D eigenvalue weighted by molar-refractivity contribution is -0.138. The predicted molar refractivity (Wildman–Crippen MR) is 89.2 cm³/mol. The van der Waals surface area contributed by atoms with Crippen LogP contribution in [0.4, 0.5) is 10.1 Å². The molecule has 1 aromatic rings. The summed E-state index contributed by atoms with van der Waals surface area (Å²) in [4.78, 5) is 22.3. The number of ether oxygens (including phenoxy) is 2. The minimum absolute atomic E-state index is 0.0414. The number of anilines is 1. The molecular formula is C16H25FN2O5. The van der Waals surface area contributed by atoms with Crippen LogP contribution >= 0.6 is 0 Å². The van der Waals surface area contributed by atoms with Crippen molar-refractivity contribution in [2.24, 2.45) is 5.73 Å². The Bertz CT molecular complexity index is 605. The molecule has 24 heavy (non-hydrogen) atoms. The molecule has 0 aliphatic rings. The number of carboxylic acids is 1. The van der Waals surface area contributed by atoms with E-state index in [0.29, 0.717) is 5.56 Å². The number of aliphatic carboxylic acids is 1. The summed E-state index contributed by atoms with van der Waals surface area (Å²) in [6, 6.07) is -1.32. The van der Waals surface area contributed by atoms with Crippen LogP contribution in [0.1, 0.15) is 31.9 Å². The molecule has 136 valence electrons. The van der Waals surface area contributed by atoms with Gasteiger partial charge in [-0.3, -0.25) is 9.59 Å². The lowest BCUT2D eigenvalue weighted by atomic mass is 9.98. The van der Waals surface area contributed by atoms with Gasteiger partial charge in [-0.2, -0.15) is 0 Å². The maximum atomic E-state index is 14.6. The van der Waals surface area contributed by atoms with Gasteiger partial charge in [0.25, 0.3) is 0 Å². The molecule has 1 amide bonds. The van der Waals surface area contributed by atoms with E-state index in [4.69, 9.17) is 20.3 Å². The van der Waals surface area contributed by atoms with E-state index in [1.165, 1.54) is 21.1 Å². The van der Waals surface area contributed by atoms with Gasteiger partial charge in [0, 0.05) is 24.5 Å². The smallest absolute Gasteiger partial charge is 0.320 e. The number of rotatable bonds is 6. The number of carbonyl (C=O) groups is 2. The summed E-state index contributed by atoms with van der Waals surface area (Å²) >= 11 is 0. The average Bonchev–Trinajstić information content (AvgIpc) is 2.54. The first-order valence-electron chi connectivity index (χ1n) is 7.43. The van der Waals surface area contributed by atoms with Gasteiger partial charge in [0.15, 0.2) is 17.3 Å². The summed E-state index contributed by atoms with van der Waals surface area (Å²) in [6.45, 7) is 6.86. The zero-order valence-electron chi connectivity index (χ0n) is 14.8. The van der Waals surface area contributed by atoms with E-state index in [2.05, 4.69) is 5.32 Å². The zero-order chi connectivity index (χ0) is 19.0. The lowest BCUT2D eigenvalue weighted by Gasteiger charge is -2.21. The van der Waals surface area contributed by atoms with E-state index < -0.39 is 23.7 Å². The van der Waals surface area contributed by atoms with E-state index in [1.807, 2.05) is 13.8 Å². The van der Waals surface area contributed by atoms with E-state index in [0.717, 1.165) is 0 Å². The first-order chi connectivity index (χ1) is 11.2. The molecule has 0 aliphatic heterocycles. The molecule has 0 aromatic heterocycles. The number of hydrogen-bond donors (Lipinski definition) is 3. The van der Waals surface area contributed by atoms with E-state index >= 15 is 0 Å². The lowest BCUT2D eigenvalue weighted by Crippen LogP contribution is -2.33. The van der Waals surface area contributed by atoms with Crippen molar-refractivity contribution in [3.05, 3.63) is 16.9 Å². The maximum absolute atomic E-state index is 14.6. The van der Waals surface area contributed by atoms with Crippen molar-refractivity contribution >= 4 is 17.6 Å². The second-order valence-corrected chi connectivity index (χ2v) is 4.69. The molecular weight excluding hydrogens is 319 g/mol. The number of halogens is 1. The molecule has 0 bridgehead atoms. The Balaban J connectivity index is 0.00000254. The standard InChI is InChI=1S/C14H19FN2O5.C2H6/c1-6-11(17-7(2)18)8(5-9(16)14(19)20)10(15)13(22-4)12(6)21-3;1-2/h9H,5,16H2,1-4H3,(H,17,18)(H,19,20);1-2H3. The highest BCUT2D eigenvalue weighted by atomic mass is 19.1. The first-order valence-corrected chi connectivity index (χ1v) is 7.43. The average molecular weight is 344 g/mol. The van der Waals surface area contributed by atoms with Gasteiger partial charge in [-0.15, -0.1) is 0 Å².